The number of hydrogen-bond donors (Lipinski definition) is 2. The van der Waals surface area contributed by atoms with E-state index in [1.807, 2.05) is 18.2 Å². The van der Waals surface area contributed by atoms with Crippen LogP contribution in [-0.2, 0) is 4.79 Å². The molecule has 0 fully saturated rings. The number of carbonyl (C=O) groups excluding carboxylic acids is 1. The van der Waals surface area contributed by atoms with Crippen molar-refractivity contribution in [2.24, 2.45) is 0 Å². The van der Waals surface area contributed by atoms with Crippen LogP contribution in [0.1, 0.15) is 0 Å². The van der Waals surface area contributed by atoms with E-state index in [-0.39, 0.29) is 18.5 Å². The van der Waals surface area contributed by atoms with E-state index in [2.05, 4.69) is 25.6 Å². The third kappa shape index (κ3) is 3.97. The molecule has 0 bridgehead atoms. The average molecular weight is 427 g/mol. The van der Waals surface area contributed by atoms with Crippen molar-refractivity contribution in [2.45, 2.75) is 0 Å². The van der Waals surface area contributed by atoms with Crippen LogP contribution < -0.4 is 15.8 Å². The van der Waals surface area contributed by atoms with Gasteiger partial charge in [0.25, 0.3) is 5.91 Å². The summed E-state index contributed by atoms with van der Waals surface area (Å²) in [5.41, 5.74) is 8.38. The number of carbonyl (C=O) groups is 1. The van der Waals surface area contributed by atoms with Crippen LogP contribution in [0.3, 0.4) is 0 Å². The Hall–Kier alpha value is -4.73. The fraction of sp³-hybridized carbons (Fsp3) is 0.0455. The fourth-order valence-electron chi connectivity index (χ4n) is 3.14. The maximum Gasteiger partial charge on any atom is 0.262 e. The van der Waals surface area contributed by atoms with Crippen molar-refractivity contribution < 1.29 is 13.9 Å². The number of amides is 1. The van der Waals surface area contributed by atoms with Crippen molar-refractivity contribution in [1.29, 1.82) is 0 Å². The molecule has 32 heavy (non-hydrogen) atoms. The number of hydrogen-bond acceptors (Lipinski definition) is 8. The summed E-state index contributed by atoms with van der Waals surface area (Å²) in [5, 5.41) is 11.1. The fourth-order valence-corrected chi connectivity index (χ4v) is 3.14. The van der Waals surface area contributed by atoms with Gasteiger partial charge in [-0.15, -0.1) is 5.10 Å². The highest BCUT2D eigenvalue weighted by atomic mass is 16.5. The number of aromatic nitrogens is 5. The minimum Gasteiger partial charge on any atom is -0.484 e. The quantitative estimate of drug-likeness (QED) is 0.422. The van der Waals surface area contributed by atoms with Gasteiger partial charge < -0.3 is 20.2 Å². The highest BCUT2D eigenvalue weighted by molar-refractivity contribution is 5.91. The minimum atomic E-state index is -0.262. The molecule has 1 amide bonds. The van der Waals surface area contributed by atoms with Gasteiger partial charge in [0.2, 0.25) is 5.95 Å². The number of nitrogens with one attached hydrogen (secondary N) is 1. The van der Waals surface area contributed by atoms with Gasteiger partial charge in [-0.25, -0.2) is 4.98 Å². The van der Waals surface area contributed by atoms with Crippen LogP contribution >= 0.6 is 0 Å². The maximum absolute atomic E-state index is 12.1. The molecule has 3 N–H and O–H groups in total. The monoisotopic (exact) mass is 427 g/mol. The second-order valence-electron chi connectivity index (χ2n) is 6.80. The van der Waals surface area contributed by atoms with Crippen molar-refractivity contribution in [3.8, 4) is 23.0 Å². The normalized spacial score (nSPS) is 10.9. The van der Waals surface area contributed by atoms with Crippen molar-refractivity contribution in [1.82, 2.24) is 25.0 Å². The van der Waals surface area contributed by atoms with Gasteiger partial charge in [0.15, 0.2) is 18.2 Å². The number of furan rings is 1. The third-order valence-corrected chi connectivity index (χ3v) is 4.56. The summed E-state index contributed by atoms with van der Waals surface area (Å²) in [5.74, 6) is 1.33. The van der Waals surface area contributed by atoms with Crippen LogP contribution in [0.25, 0.3) is 28.3 Å². The number of ether oxygens (including phenoxy) is 1. The van der Waals surface area contributed by atoms with Crippen LogP contribution in [0.15, 0.2) is 77.4 Å². The molecule has 158 valence electrons. The first-order valence-electron chi connectivity index (χ1n) is 9.68. The van der Waals surface area contributed by atoms with Crippen molar-refractivity contribution in [2.75, 3.05) is 17.7 Å². The minimum absolute atomic E-state index is 0.0851. The Kier molecular flexibility index (Phi) is 4.92. The largest absolute Gasteiger partial charge is 0.484 e. The number of rotatable bonds is 6. The molecule has 10 nitrogen and oxygen atoms in total. The molecule has 10 heteroatoms. The molecule has 0 saturated carbocycles. The van der Waals surface area contributed by atoms with Gasteiger partial charge in [0.05, 0.1) is 11.8 Å². The summed E-state index contributed by atoms with van der Waals surface area (Å²) in [6.07, 6.45) is 1.56. The molecule has 5 aromatic rings. The molecule has 2 aromatic carbocycles. The number of nitrogen functional groups attached to an aromatic ring is 1. The van der Waals surface area contributed by atoms with Crippen LogP contribution in [0, 0.1) is 0 Å². The molecular weight excluding hydrogens is 410 g/mol. The second-order valence-corrected chi connectivity index (χ2v) is 6.80. The Morgan fingerprint density at radius 2 is 1.94 bits per heavy atom. The topological polar surface area (TPSA) is 134 Å². The van der Waals surface area contributed by atoms with Gasteiger partial charge in [0, 0.05) is 17.8 Å². The Bertz CT molecular complexity index is 1380. The lowest BCUT2D eigenvalue weighted by Crippen LogP contribution is -2.20. The zero-order chi connectivity index (χ0) is 21.9. The molecule has 0 atom stereocenters. The first-order valence-corrected chi connectivity index (χ1v) is 9.68. The van der Waals surface area contributed by atoms with Gasteiger partial charge in [-0.1, -0.05) is 23.4 Å². The van der Waals surface area contributed by atoms with Gasteiger partial charge in [-0.05, 0) is 36.4 Å². The summed E-state index contributed by atoms with van der Waals surface area (Å²) in [6.45, 7) is -0.135. The molecule has 0 aliphatic rings. The van der Waals surface area contributed by atoms with Crippen molar-refractivity contribution >= 4 is 28.6 Å². The number of nitrogens with two attached hydrogens (primary N) is 1. The van der Waals surface area contributed by atoms with Gasteiger partial charge >= 0.3 is 0 Å². The number of fused-ring (bicyclic) bond motifs is 1. The summed E-state index contributed by atoms with van der Waals surface area (Å²) in [7, 11) is 0. The highest BCUT2D eigenvalue weighted by Crippen LogP contribution is 2.24. The van der Waals surface area contributed by atoms with E-state index in [4.69, 9.17) is 14.9 Å². The molecule has 0 saturated heterocycles. The highest BCUT2D eigenvalue weighted by Gasteiger charge is 2.13. The van der Waals surface area contributed by atoms with Crippen LogP contribution in [0.2, 0.25) is 0 Å². The number of para-hydroxylation sites is 1. The standard InChI is InChI=1S/C22H17N7O3/c23-22-25-17(19-7-4-10-31-19)12-20(26-22)29-18-9-8-15(11-16(18)27-28-29)32-13-21(30)24-14-5-2-1-3-6-14/h1-12H,13H2,(H,24,30)(H2,23,25,26). The number of anilines is 2. The average Bonchev–Trinajstić information content (AvgIpc) is 3.48. The number of benzene rings is 2. The van der Waals surface area contributed by atoms with E-state index < -0.39 is 0 Å². The molecule has 3 heterocycles. The van der Waals surface area contributed by atoms with E-state index in [9.17, 15) is 4.79 Å². The Balaban J connectivity index is 1.35. The van der Waals surface area contributed by atoms with E-state index in [1.54, 1.807) is 59.5 Å². The smallest absolute Gasteiger partial charge is 0.262 e. The van der Waals surface area contributed by atoms with E-state index in [0.29, 0.717) is 39.7 Å². The SMILES string of the molecule is Nc1nc(-c2ccco2)cc(-n2nnc3cc(OCC(=O)Nc4ccccc4)ccc32)n1. The summed E-state index contributed by atoms with van der Waals surface area (Å²) in [6, 6.07) is 19.6. The Morgan fingerprint density at radius 1 is 1.06 bits per heavy atom. The van der Waals surface area contributed by atoms with Crippen molar-refractivity contribution in [3.63, 3.8) is 0 Å². The lowest BCUT2D eigenvalue weighted by Gasteiger charge is -2.08. The summed E-state index contributed by atoms with van der Waals surface area (Å²) in [4.78, 5) is 20.6. The first-order chi connectivity index (χ1) is 15.7. The molecular formula is C22H17N7O3. The first kappa shape index (κ1) is 19.2. The van der Waals surface area contributed by atoms with Crippen LogP contribution in [0.5, 0.6) is 5.75 Å². The van der Waals surface area contributed by atoms with Gasteiger partial charge in [0.1, 0.15) is 17.0 Å². The van der Waals surface area contributed by atoms with E-state index >= 15 is 0 Å². The molecule has 0 unspecified atom stereocenters. The molecule has 3 aromatic heterocycles. The van der Waals surface area contributed by atoms with Gasteiger partial charge in [-0.3, -0.25) is 4.79 Å². The Labute approximate surface area is 181 Å². The molecule has 0 radical (unpaired) electrons. The Morgan fingerprint density at radius 3 is 2.75 bits per heavy atom. The summed E-state index contributed by atoms with van der Waals surface area (Å²) < 4.78 is 12.5. The summed E-state index contributed by atoms with van der Waals surface area (Å²) >= 11 is 0. The zero-order valence-corrected chi connectivity index (χ0v) is 16.7. The predicted octanol–water partition coefficient (Wildman–Crippen LogP) is 3.07. The molecule has 0 spiro atoms. The lowest BCUT2D eigenvalue weighted by molar-refractivity contribution is -0.118. The van der Waals surface area contributed by atoms with Gasteiger partial charge in [-0.2, -0.15) is 9.67 Å². The van der Waals surface area contributed by atoms with Crippen molar-refractivity contribution in [3.05, 3.63) is 73.0 Å². The predicted molar refractivity (Wildman–Crippen MR) is 117 cm³/mol. The molecule has 0 aliphatic heterocycles. The van der Waals surface area contributed by atoms with E-state index in [1.165, 1.54) is 0 Å². The second kappa shape index (κ2) is 8.19. The van der Waals surface area contributed by atoms with E-state index in [0.717, 1.165) is 0 Å². The number of nitrogens with zero attached hydrogens (tertiary/aromatic N) is 5. The zero-order valence-electron chi connectivity index (χ0n) is 16.7. The third-order valence-electron chi connectivity index (χ3n) is 4.56. The molecule has 0 aliphatic carbocycles. The van der Waals surface area contributed by atoms with Crippen LogP contribution in [0.4, 0.5) is 11.6 Å². The maximum atomic E-state index is 12.1. The molecule has 5 rings (SSSR count). The lowest BCUT2D eigenvalue weighted by atomic mass is 10.3. The van der Waals surface area contributed by atoms with Crippen LogP contribution in [-0.4, -0.2) is 37.5 Å².